The summed E-state index contributed by atoms with van der Waals surface area (Å²) in [6.07, 6.45) is 1.76. The van der Waals surface area contributed by atoms with Crippen LogP contribution < -0.4 is 14.8 Å². The minimum absolute atomic E-state index is 0.228. The van der Waals surface area contributed by atoms with Gasteiger partial charge in [-0.2, -0.15) is 0 Å². The minimum atomic E-state index is -0.293. The Morgan fingerprint density at radius 1 is 1.12 bits per heavy atom. The molecule has 1 amide bonds. The fourth-order valence-electron chi connectivity index (χ4n) is 3.09. The molecule has 4 rings (SSSR count). The number of hydrogen-bond donors (Lipinski definition) is 1. The first-order valence-corrected chi connectivity index (χ1v) is 11.2. The normalized spacial score (nSPS) is 15.7. The predicted molar refractivity (Wildman–Crippen MR) is 131 cm³/mol. The third-order valence-electron chi connectivity index (χ3n) is 4.91. The van der Waals surface area contributed by atoms with Crippen molar-refractivity contribution in [3.63, 3.8) is 0 Å². The van der Waals surface area contributed by atoms with Gasteiger partial charge in [0.1, 0.15) is 12.4 Å². The number of hydrogen-bond acceptors (Lipinski definition) is 5. The summed E-state index contributed by atoms with van der Waals surface area (Å²) in [4.78, 5) is 17.5. The van der Waals surface area contributed by atoms with E-state index in [4.69, 9.17) is 21.1 Å². The van der Waals surface area contributed by atoms with E-state index >= 15 is 0 Å². The van der Waals surface area contributed by atoms with Gasteiger partial charge in [0.05, 0.1) is 17.7 Å². The third kappa shape index (κ3) is 5.56. The van der Waals surface area contributed by atoms with Gasteiger partial charge in [-0.25, -0.2) is 9.38 Å². The molecule has 8 heteroatoms. The zero-order valence-electron chi connectivity index (χ0n) is 17.9. The molecule has 1 aliphatic heterocycles. The molecule has 168 valence electrons. The number of thioether (sulfide) groups is 1. The van der Waals surface area contributed by atoms with Gasteiger partial charge in [0.15, 0.2) is 16.7 Å². The number of amidine groups is 1. The van der Waals surface area contributed by atoms with Gasteiger partial charge in [-0.3, -0.25) is 4.79 Å². The fourth-order valence-corrected chi connectivity index (χ4v) is 4.10. The van der Waals surface area contributed by atoms with Gasteiger partial charge >= 0.3 is 0 Å². The minimum Gasteiger partial charge on any atom is -0.493 e. The van der Waals surface area contributed by atoms with Crippen molar-refractivity contribution in [2.24, 2.45) is 4.99 Å². The number of nitrogens with one attached hydrogen (secondary N) is 1. The molecule has 1 heterocycles. The number of aliphatic imine (C=N–C) groups is 1. The Balaban J connectivity index is 1.50. The second kappa shape index (κ2) is 10.1. The second-order valence-electron chi connectivity index (χ2n) is 7.19. The van der Waals surface area contributed by atoms with Crippen molar-refractivity contribution in [3.8, 4) is 11.5 Å². The van der Waals surface area contributed by atoms with Crippen molar-refractivity contribution in [2.45, 2.75) is 13.5 Å². The number of carbonyl (C=O) groups excluding carboxylic acids is 1. The lowest BCUT2D eigenvalue weighted by Crippen LogP contribution is -2.19. The Morgan fingerprint density at radius 2 is 1.91 bits per heavy atom. The summed E-state index contributed by atoms with van der Waals surface area (Å²) in [5, 5.41) is 3.89. The summed E-state index contributed by atoms with van der Waals surface area (Å²) < 4.78 is 24.3. The average Bonchev–Trinajstić information content (AvgIpc) is 3.15. The summed E-state index contributed by atoms with van der Waals surface area (Å²) in [6.45, 7) is 2.16. The number of halogens is 2. The van der Waals surface area contributed by atoms with E-state index in [0.717, 1.165) is 16.7 Å². The number of benzene rings is 3. The van der Waals surface area contributed by atoms with Gasteiger partial charge in [0.25, 0.3) is 5.91 Å². The van der Waals surface area contributed by atoms with E-state index < -0.39 is 0 Å². The van der Waals surface area contributed by atoms with Crippen molar-refractivity contribution < 1.29 is 18.7 Å². The van der Waals surface area contributed by atoms with Crippen LogP contribution in [-0.4, -0.2) is 18.2 Å². The van der Waals surface area contributed by atoms with Crippen LogP contribution in [-0.2, 0) is 11.4 Å². The average molecular weight is 483 g/mol. The summed E-state index contributed by atoms with van der Waals surface area (Å²) in [5.41, 5.74) is 3.17. The van der Waals surface area contributed by atoms with Crippen LogP contribution >= 0.6 is 23.4 Å². The van der Waals surface area contributed by atoms with Gasteiger partial charge in [-0.1, -0.05) is 35.9 Å². The molecule has 3 aromatic carbocycles. The van der Waals surface area contributed by atoms with Crippen LogP contribution in [0.2, 0.25) is 5.02 Å². The first-order chi connectivity index (χ1) is 15.9. The Hall–Kier alpha value is -3.29. The van der Waals surface area contributed by atoms with E-state index in [9.17, 15) is 9.18 Å². The van der Waals surface area contributed by atoms with E-state index in [-0.39, 0.29) is 18.3 Å². The smallest absolute Gasteiger partial charge is 0.264 e. The van der Waals surface area contributed by atoms with E-state index in [1.165, 1.54) is 23.9 Å². The van der Waals surface area contributed by atoms with Crippen LogP contribution in [0.25, 0.3) is 6.08 Å². The van der Waals surface area contributed by atoms with Crippen LogP contribution in [0.15, 0.2) is 70.6 Å². The highest BCUT2D eigenvalue weighted by Crippen LogP contribution is 2.33. The predicted octanol–water partition coefficient (Wildman–Crippen LogP) is 6.27. The second-order valence-corrected chi connectivity index (χ2v) is 8.63. The number of methoxy groups -OCH3 is 1. The van der Waals surface area contributed by atoms with Crippen molar-refractivity contribution in [1.29, 1.82) is 0 Å². The Morgan fingerprint density at radius 3 is 2.67 bits per heavy atom. The van der Waals surface area contributed by atoms with Gasteiger partial charge < -0.3 is 14.8 Å². The van der Waals surface area contributed by atoms with Crippen molar-refractivity contribution in [2.75, 3.05) is 7.11 Å². The molecular formula is C25H20ClFN2O3S. The van der Waals surface area contributed by atoms with E-state index in [1.807, 2.05) is 25.1 Å². The molecule has 0 unspecified atom stereocenters. The lowest BCUT2D eigenvalue weighted by Gasteiger charge is -2.11. The van der Waals surface area contributed by atoms with Gasteiger partial charge in [-0.15, -0.1) is 0 Å². The molecule has 0 atom stereocenters. The molecular weight excluding hydrogens is 463 g/mol. The van der Waals surface area contributed by atoms with Crippen molar-refractivity contribution in [1.82, 2.24) is 5.32 Å². The molecule has 0 bridgehead atoms. The highest BCUT2D eigenvalue weighted by Gasteiger charge is 2.24. The molecule has 33 heavy (non-hydrogen) atoms. The SMILES string of the molecule is COc1cc(/C=C2/SC(=Nc3cccc(Cl)c3C)NC2=O)ccc1OCc1ccc(F)cc1. The highest BCUT2D eigenvalue weighted by atomic mass is 35.5. The maximum absolute atomic E-state index is 13.1. The Bertz CT molecular complexity index is 1260. The maximum atomic E-state index is 13.1. The third-order valence-corrected chi connectivity index (χ3v) is 6.22. The van der Waals surface area contributed by atoms with E-state index in [0.29, 0.717) is 32.3 Å². The summed E-state index contributed by atoms with van der Waals surface area (Å²) in [6, 6.07) is 17.0. The number of nitrogens with zero attached hydrogens (tertiary/aromatic N) is 1. The summed E-state index contributed by atoms with van der Waals surface area (Å²) in [5.74, 6) is 0.553. The largest absolute Gasteiger partial charge is 0.493 e. The molecule has 1 saturated heterocycles. The fraction of sp³-hybridized carbons (Fsp3) is 0.120. The molecule has 0 aliphatic carbocycles. The quantitative estimate of drug-likeness (QED) is 0.421. The summed E-state index contributed by atoms with van der Waals surface area (Å²) in [7, 11) is 1.55. The zero-order chi connectivity index (χ0) is 23.4. The van der Waals surface area contributed by atoms with Crippen molar-refractivity contribution >= 4 is 46.2 Å². The molecule has 0 aromatic heterocycles. The Kier molecular flexibility index (Phi) is 7.01. The molecule has 0 saturated carbocycles. The Labute approximate surface area is 200 Å². The number of amides is 1. The van der Waals surface area contributed by atoms with Crippen LogP contribution in [0.1, 0.15) is 16.7 Å². The van der Waals surface area contributed by atoms with Crippen molar-refractivity contribution in [3.05, 3.63) is 93.1 Å². The van der Waals surface area contributed by atoms with Crippen LogP contribution in [0.3, 0.4) is 0 Å². The van der Waals surface area contributed by atoms with Crippen LogP contribution in [0.4, 0.5) is 10.1 Å². The summed E-state index contributed by atoms with van der Waals surface area (Å²) >= 11 is 7.41. The van der Waals surface area contributed by atoms with Crippen LogP contribution in [0.5, 0.6) is 11.5 Å². The van der Waals surface area contributed by atoms with E-state index in [2.05, 4.69) is 10.3 Å². The number of carbonyl (C=O) groups is 1. The van der Waals surface area contributed by atoms with E-state index in [1.54, 1.807) is 43.5 Å². The number of ether oxygens (including phenoxy) is 2. The van der Waals surface area contributed by atoms with Crippen LogP contribution in [0, 0.1) is 12.7 Å². The highest BCUT2D eigenvalue weighted by molar-refractivity contribution is 8.18. The monoisotopic (exact) mass is 482 g/mol. The molecule has 0 spiro atoms. The first kappa shape index (κ1) is 22.9. The number of rotatable bonds is 6. The molecule has 0 radical (unpaired) electrons. The lowest BCUT2D eigenvalue weighted by molar-refractivity contribution is -0.115. The molecule has 1 N–H and O–H groups in total. The molecule has 5 nitrogen and oxygen atoms in total. The lowest BCUT2D eigenvalue weighted by atomic mass is 10.2. The topological polar surface area (TPSA) is 59.9 Å². The standard InChI is InChI=1S/C25H20ClFN2O3S/c1-15-19(26)4-3-5-20(15)28-25-29-24(30)23(33-25)13-17-8-11-21(22(12-17)31-2)32-14-16-6-9-18(27)10-7-16/h3-13H,14H2,1-2H3,(H,28,29,30)/b23-13+. The molecule has 1 fully saturated rings. The van der Waals surface area contributed by atoms with Gasteiger partial charge in [-0.05, 0) is 77.9 Å². The molecule has 1 aliphatic rings. The van der Waals surface area contributed by atoms with Gasteiger partial charge in [0.2, 0.25) is 0 Å². The zero-order valence-corrected chi connectivity index (χ0v) is 19.5. The van der Waals surface area contributed by atoms with Gasteiger partial charge in [0, 0.05) is 5.02 Å². The first-order valence-electron chi connectivity index (χ1n) is 10.0. The maximum Gasteiger partial charge on any atom is 0.264 e. The molecule has 3 aromatic rings.